The van der Waals surface area contributed by atoms with Crippen LogP contribution in [0.15, 0.2) is 41.5 Å². The summed E-state index contributed by atoms with van der Waals surface area (Å²) in [6.45, 7) is 4.16. The zero-order valence-electron chi connectivity index (χ0n) is 11.9. The van der Waals surface area contributed by atoms with Gasteiger partial charge in [0.15, 0.2) is 0 Å². The number of nitrogens with zero attached hydrogens (tertiary/aromatic N) is 2. The molecule has 0 aliphatic heterocycles. The van der Waals surface area contributed by atoms with Crippen molar-refractivity contribution in [2.24, 2.45) is 0 Å². The average molecular weight is 277 g/mol. The van der Waals surface area contributed by atoms with Crippen molar-refractivity contribution in [1.29, 1.82) is 0 Å². The van der Waals surface area contributed by atoms with Gasteiger partial charge in [-0.25, -0.2) is 4.98 Å². The molecule has 0 aliphatic carbocycles. The first-order valence-electron chi connectivity index (χ1n) is 6.73. The molecule has 0 unspecified atom stereocenters. The molecule has 2 heterocycles. The lowest BCUT2D eigenvalue weighted by atomic mass is 10.1. The van der Waals surface area contributed by atoms with Crippen molar-refractivity contribution in [2.75, 3.05) is 0 Å². The molecule has 0 amide bonds. The van der Waals surface area contributed by atoms with Gasteiger partial charge >= 0.3 is 0 Å². The number of pyridine rings is 1. The Labute approximate surface area is 122 Å². The number of nitrogens with one attached hydrogen (secondary N) is 1. The fourth-order valence-corrected chi connectivity index (χ4v) is 2.13. The van der Waals surface area contributed by atoms with Gasteiger partial charge in [0.1, 0.15) is 5.82 Å². The normalized spacial score (nSPS) is 11.3. The number of aromatic nitrogens is 3. The molecule has 21 heavy (non-hydrogen) atoms. The van der Waals surface area contributed by atoms with Crippen molar-refractivity contribution in [3.8, 4) is 0 Å². The molecule has 0 atom stereocenters. The molecule has 0 aliphatic rings. The minimum absolute atomic E-state index is 0.151. The molecule has 0 bridgehead atoms. The number of hydrogen-bond donors (Lipinski definition) is 1. The monoisotopic (exact) mass is 277 g/mol. The van der Waals surface area contributed by atoms with Crippen molar-refractivity contribution in [2.45, 2.75) is 13.8 Å². The molecule has 4 nitrogen and oxygen atoms in total. The van der Waals surface area contributed by atoms with E-state index < -0.39 is 0 Å². The van der Waals surface area contributed by atoms with Crippen LogP contribution in [0.5, 0.6) is 0 Å². The van der Waals surface area contributed by atoms with Crippen LogP contribution in [0.4, 0.5) is 0 Å². The van der Waals surface area contributed by atoms with Crippen LogP contribution in [0.3, 0.4) is 0 Å². The largest absolute Gasteiger partial charge is 0.306 e. The molecule has 0 fully saturated rings. The van der Waals surface area contributed by atoms with Crippen molar-refractivity contribution >= 4 is 23.1 Å². The van der Waals surface area contributed by atoms with E-state index >= 15 is 0 Å². The Morgan fingerprint density at radius 1 is 1.10 bits per heavy atom. The molecule has 0 saturated heterocycles. The number of H-pyrrole nitrogens is 1. The fourth-order valence-electron chi connectivity index (χ4n) is 2.13. The van der Waals surface area contributed by atoms with E-state index in [0.717, 1.165) is 5.56 Å². The molecule has 104 valence electrons. The predicted octanol–water partition coefficient (Wildman–Crippen LogP) is 3.11. The first-order chi connectivity index (χ1) is 10.1. The van der Waals surface area contributed by atoms with Crippen LogP contribution in [-0.4, -0.2) is 15.0 Å². The maximum absolute atomic E-state index is 12.0. The molecular weight excluding hydrogens is 262 g/mol. The minimum Gasteiger partial charge on any atom is -0.306 e. The molecule has 0 spiro atoms. The van der Waals surface area contributed by atoms with E-state index in [1.807, 2.05) is 12.1 Å². The smallest absolute Gasteiger partial charge is 0.259 e. The van der Waals surface area contributed by atoms with Crippen LogP contribution < -0.4 is 5.56 Å². The highest BCUT2D eigenvalue weighted by Crippen LogP contribution is 2.12. The van der Waals surface area contributed by atoms with Gasteiger partial charge in [-0.05, 0) is 42.7 Å². The van der Waals surface area contributed by atoms with Gasteiger partial charge < -0.3 is 4.98 Å². The van der Waals surface area contributed by atoms with Crippen molar-refractivity contribution < 1.29 is 0 Å². The van der Waals surface area contributed by atoms with E-state index in [1.165, 1.54) is 11.1 Å². The van der Waals surface area contributed by atoms with Gasteiger partial charge in [0.05, 0.1) is 17.1 Å². The van der Waals surface area contributed by atoms with E-state index in [0.29, 0.717) is 16.7 Å². The Balaban J connectivity index is 1.99. The third kappa shape index (κ3) is 2.74. The van der Waals surface area contributed by atoms with E-state index in [1.54, 1.807) is 24.5 Å². The van der Waals surface area contributed by atoms with Crippen LogP contribution >= 0.6 is 0 Å². The minimum atomic E-state index is -0.151. The highest BCUT2D eigenvalue weighted by molar-refractivity contribution is 5.78. The summed E-state index contributed by atoms with van der Waals surface area (Å²) in [5, 5.41) is 0.549. The zero-order chi connectivity index (χ0) is 14.8. The zero-order valence-corrected chi connectivity index (χ0v) is 11.9. The van der Waals surface area contributed by atoms with Gasteiger partial charge in [0, 0.05) is 6.20 Å². The second kappa shape index (κ2) is 5.32. The lowest BCUT2D eigenvalue weighted by Crippen LogP contribution is -2.09. The molecule has 2 aromatic heterocycles. The molecule has 1 N–H and O–H groups in total. The molecule has 0 saturated carbocycles. The van der Waals surface area contributed by atoms with E-state index in [2.05, 4.69) is 40.9 Å². The van der Waals surface area contributed by atoms with E-state index in [-0.39, 0.29) is 5.56 Å². The molecule has 3 rings (SSSR count). The Kier molecular flexibility index (Phi) is 3.36. The second-order valence-corrected chi connectivity index (χ2v) is 5.02. The Morgan fingerprint density at radius 2 is 1.95 bits per heavy atom. The number of fused-ring (bicyclic) bond motifs is 1. The summed E-state index contributed by atoms with van der Waals surface area (Å²) in [7, 11) is 0. The third-order valence-electron chi connectivity index (χ3n) is 3.49. The van der Waals surface area contributed by atoms with Crippen LogP contribution in [0.25, 0.3) is 23.1 Å². The molecule has 1 aromatic carbocycles. The number of aromatic amines is 1. The topological polar surface area (TPSA) is 58.6 Å². The highest BCUT2D eigenvalue weighted by Gasteiger charge is 2.01. The number of hydrogen-bond acceptors (Lipinski definition) is 3. The Hall–Kier alpha value is -2.75. The number of rotatable bonds is 2. The molecule has 3 aromatic rings. The molecular formula is C17H15N3O. The Bertz CT molecular complexity index is 894. The lowest BCUT2D eigenvalue weighted by Gasteiger charge is -2.01. The van der Waals surface area contributed by atoms with Crippen LogP contribution in [-0.2, 0) is 0 Å². The van der Waals surface area contributed by atoms with Crippen molar-refractivity contribution in [3.05, 3.63) is 69.5 Å². The third-order valence-corrected chi connectivity index (χ3v) is 3.49. The standard InChI is InChI=1S/C17H15N3O/c1-11-3-4-13(9-12(11)2)5-6-16-19-15-10-18-8-7-14(15)17(21)20-16/h3-10H,1-2H3,(H,19,20,21)/b6-5+. The predicted molar refractivity (Wildman–Crippen MR) is 85.0 cm³/mol. The van der Waals surface area contributed by atoms with Gasteiger partial charge in [-0.15, -0.1) is 0 Å². The highest BCUT2D eigenvalue weighted by atomic mass is 16.1. The Morgan fingerprint density at radius 3 is 2.76 bits per heavy atom. The van der Waals surface area contributed by atoms with E-state index in [9.17, 15) is 4.79 Å². The van der Waals surface area contributed by atoms with Crippen LogP contribution in [0, 0.1) is 13.8 Å². The maximum Gasteiger partial charge on any atom is 0.259 e. The summed E-state index contributed by atoms with van der Waals surface area (Å²) >= 11 is 0. The summed E-state index contributed by atoms with van der Waals surface area (Å²) in [5.74, 6) is 0.527. The van der Waals surface area contributed by atoms with Crippen LogP contribution in [0.1, 0.15) is 22.5 Å². The number of aryl methyl sites for hydroxylation is 2. The summed E-state index contributed by atoms with van der Waals surface area (Å²) in [4.78, 5) is 23.1. The summed E-state index contributed by atoms with van der Waals surface area (Å²) in [6.07, 6.45) is 6.92. The summed E-state index contributed by atoms with van der Waals surface area (Å²) in [5.41, 5.74) is 4.02. The van der Waals surface area contributed by atoms with Gasteiger partial charge in [-0.2, -0.15) is 0 Å². The van der Waals surface area contributed by atoms with Gasteiger partial charge in [-0.1, -0.05) is 24.3 Å². The first-order valence-corrected chi connectivity index (χ1v) is 6.73. The summed E-state index contributed by atoms with van der Waals surface area (Å²) < 4.78 is 0. The lowest BCUT2D eigenvalue weighted by molar-refractivity contribution is 1.13. The fraction of sp³-hybridized carbons (Fsp3) is 0.118. The van der Waals surface area contributed by atoms with Gasteiger partial charge in [0.2, 0.25) is 0 Å². The first kappa shape index (κ1) is 13.2. The quantitative estimate of drug-likeness (QED) is 0.783. The van der Waals surface area contributed by atoms with Crippen molar-refractivity contribution in [3.63, 3.8) is 0 Å². The maximum atomic E-state index is 12.0. The van der Waals surface area contributed by atoms with Gasteiger partial charge in [0.25, 0.3) is 5.56 Å². The summed E-state index contributed by atoms with van der Waals surface area (Å²) in [6, 6.07) is 7.89. The number of benzene rings is 1. The van der Waals surface area contributed by atoms with E-state index in [4.69, 9.17) is 0 Å². The molecule has 0 radical (unpaired) electrons. The van der Waals surface area contributed by atoms with Crippen LogP contribution in [0.2, 0.25) is 0 Å². The second-order valence-electron chi connectivity index (χ2n) is 5.02. The SMILES string of the molecule is Cc1ccc(/C=C/c2nc3cnccc3c(=O)[nH]2)cc1C. The van der Waals surface area contributed by atoms with Gasteiger partial charge in [-0.3, -0.25) is 9.78 Å². The molecule has 4 heteroatoms. The van der Waals surface area contributed by atoms with Crippen molar-refractivity contribution in [1.82, 2.24) is 15.0 Å². The average Bonchev–Trinajstić information content (AvgIpc) is 2.49.